The van der Waals surface area contributed by atoms with Crippen LogP contribution in [0.4, 0.5) is 0 Å². The van der Waals surface area contributed by atoms with Crippen molar-refractivity contribution in [3.8, 4) is 0 Å². The maximum Gasteiger partial charge on any atom is -0.109 e. The molecule has 0 heterocycles. The second kappa shape index (κ2) is 24.7. The zero-order valence-electron chi connectivity index (χ0n) is 15.0. The molecule has 2 aliphatic rings. The van der Waals surface area contributed by atoms with Crippen molar-refractivity contribution < 1.29 is 28.7 Å². The summed E-state index contributed by atoms with van der Waals surface area (Å²) in [6.07, 6.45) is 21.0. The molecule has 0 atom stereocenters. The summed E-state index contributed by atoms with van der Waals surface area (Å²) in [5.74, 6) is 0. The van der Waals surface area contributed by atoms with E-state index in [0.717, 1.165) is 19.3 Å². The molecule has 0 spiro atoms. The number of halogens is 2. The first-order chi connectivity index (χ1) is 9.97. The molecule has 0 saturated carbocycles. The Hall–Kier alpha value is 0.470. The summed E-state index contributed by atoms with van der Waals surface area (Å²) < 4.78 is 7.48. The maximum absolute atomic E-state index is 5.39. The van der Waals surface area contributed by atoms with E-state index in [1.54, 1.807) is 0 Å². The fourth-order valence-electron chi connectivity index (χ4n) is 1.01. The molecule has 0 radical (unpaired) electrons. The van der Waals surface area contributed by atoms with Gasteiger partial charge in [0.15, 0.2) is 0 Å². The molecule has 5 heteroatoms. The van der Waals surface area contributed by atoms with Gasteiger partial charge in [-0.05, 0) is 19.6 Å². The Balaban J connectivity index is -0.000000107. The van der Waals surface area contributed by atoms with Crippen molar-refractivity contribution in [3.63, 3.8) is 0 Å². The SMILES string of the molecule is CC[CH-]O[Si](C)(C)C.C[CH]=[Zr].Cl.Cl.[C-]1=CC=CC1.[C-]1=CC=CC1. The van der Waals surface area contributed by atoms with Crippen LogP contribution in [-0.2, 0) is 28.7 Å². The molecular weight excluding hydrogens is 422 g/mol. The zero-order valence-corrected chi connectivity index (χ0v) is 20.1. The van der Waals surface area contributed by atoms with Crippen molar-refractivity contribution in [1.82, 2.24) is 0 Å². The van der Waals surface area contributed by atoms with E-state index in [0.29, 0.717) is 0 Å². The van der Waals surface area contributed by atoms with Crippen LogP contribution in [0.15, 0.2) is 36.5 Å². The Morgan fingerprint density at radius 3 is 1.57 bits per heavy atom. The van der Waals surface area contributed by atoms with Crippen molar-refractivity contribution in [2.45, 2.75) is 52.8 Å². The third-order valence-corrected chi connectivity index (χ3v) is 2.65. The minimum atomic E-state index is -1.23. The predicted molar refractivity (Wildman–Crippen MR) is 108 cm³/mol. The molecular formula is C18H31Cl2OSiZr-3. The van der Waals surface area contributed by atoms with E-state index in [9.17, 15) is 0 Å². The Bertz CT molecular complexity index is 303. The number of allylic oxidation sites excluding steroid dienone is 8. The summed E-state index contributed by atoms with van der Waals surface area (Å²) in [6.45, 7) is 12.6. The molecule has 0 fully saturated rings. The van der Waals surface area contributed by atoms with Crippen LogP contribution in [-0.4, -0.2) is 12.0 Å². The summed E-state index contributed by atoms with van der Waals surface area (Å²) in [5, 5.41) is 0. The Labute approximate surface area is 172 Å². The van der Waals surface area contributed by atoms with Crippen LogP contribution in [0.5, 0.6) is 0 Å². The van der Waals surface area contributed by atoms with Gasteiger partial charge in [0.2, 0.25) is 0 Å². The van der Waals surface area contributed by atoms with E-state index in [1.165, 1.54) is 24.2 Å². The number of hydrogen-bond acceptors (Lipinski definition) is 1. The molecule has 0 aromatic rings. The maximum atomic E-state index is 5.39. The zero-order chi connectivity index (χ0) is 16.4. The molecule has 23 heavy (non-hydrogen) atoms. The monoisotopic (exact) mass is 451 g/mol. The van der Waals surface area contributed by atoms with Crippen molar-refractivity contribution in [2.75, 3.05) is 0 Å². The summed E-state index contributed by atoms with van der Waals surface area (Å²) >= 11 is 1.51. The van der Waals surface area contributed by atoms with E-state index < -0.39 is 8.32 Å². The predicted octanol–water partition coefficient (Wildman–Crippen LogP) is 6.22. The fourth-order valence-corrected chi connectivity index (χ4v) is 1.68. The standard InChI is InChI=1S/C6H15OSi.2C5H5.C2H4.2ClH.Zr/c1-5-6-7-8(2,3)4;2*1-2-4-5-3-1;1-2;;;/h6H,5H2,1-4H3;2*1-3H,4H2;1H,2H3;2*1H;/q3*-1;;;;. The van der Waals surface area contributed by atoms with E-state index in [1.807, 2.05) is 37.8 Å². The Kier molecular flexibility index (Phi) is 33.6. The van der Waals surface area contributed by atoms with Gasteiger partial charge in [-0.3, -0.25) is 12.2 Å². The molecule has 0 aliphatic heterocycles. The second-order valence-corrected chi connectivity index (χ2v) is 11.0. The van der Waals surface area contributed by atoms with Gasteiger partial charge in [-0.1, -0.05) is 6.92 Å². The summed E-state index contributed by atoms with van der Waals surface area (Å²) in [5.41, 5.74) is 0. The van der Waals surface area contributed by atoms with Crippen molar-refractivity contribution >= 4 is 36.8 Å². The molecule has 1 nitrogen and oxygen atoms in total. The molecule has 2 aliphatic carbocycles. The van der Waals surface area contributed by atoms with Crippen LogP contribution >= 0.6 is 24.8 Å². The van der Waals surface area contributed by atoms with Crippen molar-refractivity contribution in [1.29, 1.82) is 0 Å². The largest absolute Gasteiger partial charge is 0.273 e. The van der Waals surface area contributed by atoms with Crippen molar-refractivity contribution in [3.05, 3.63) is 55.2 Å². The van der Waals surface area contributed by atoms with Gasteiger partial charge in [0.1, 0.15) is 8.32 Å². The molecule has 134 valence electrons. The van der Waals surface area contributed by atoms with Crippen LogP contribution in [0, 0.1) is 18.8 Å². The normalized spacial score (nSPS) is 12.3. The van der Waals surface area contributed by atoms with Crippen molar-refractivity contribution in [2.24, 2.45) is 0 Å². The molecule has 0 aromatic carbocycles. The topological polar surface area (TPSA) is 9.23 Å². The van der Waals surface area contributed by atoms with Gasteiger partial charge in [0, 0.05) is 0 Å². The first kappa shape index (κ1) is 31.3. The van der Waals surface area contributed by atoms with E-state index >= 15 is 0 Å². The number of hydrogen-bond donors (Lipinski definition) is 0. The van der Waals surface area contributed by atoms with Gasteiger partial charge in [-0.15, -0.1) is 37.7 Å². The summed E-state index contributed by atoms with van der Waals surface area (Å²) in [4.78, 5) is 0. The van der Waals surface area contributed by atoms with Crippen LogP contribution in [0.25, 0.3) is 0 Å². The van der Waals surface area contributed by atoms with Gasteiger partial charge in [-0.25, -0.2) is 30.9 Å². The van der Waals surface area contributed by atoms with Crippen LogP contribution in [0.1, 0.15) is 33.1 Å². The van der Waals surface area contributed by atoms with Gasteiger partial charge >= 0.3 is 34.9 Å². The average Bonchev–Trinajstić information content (AvgIpc) is 3.13. The summed E-state index contributed by atoms with van der Waals surface area (Å²) in [6, 6.07) is 0. The quantitative estimate of drug-likeness (QED) is 0.364. The third-order valence-electron chi connectivity index (χ3n) is 1.78. The average molecular weight is 454 g/mol. The van der Waals surface area contributed by atoms with Crippen LogP contribution in [0.2, 0.25) is 19.6 Å². The van der Waals surface area contributed by atoms with Crippen LogP contribution in [0.3, 0.4) is 0 Å². The van der Waals surface area contributed by atoms with Gasteiger partial charge < -0.3 is 4.43 Å². The number of rotatable bonds is 3. The molecule has 0 saturated heterocycles. The third kappa shape index (κ3) is 39.3. The minimum absolute atomic E-state index is 0. The molecule has 2 rings (SSSR count). The Morgan fingerprint density at radius 1 is 1.09 bits per heavy atom. The molecule has 0 aromatic heterocycles. The van der Waals surface area contributed by atoms with Gasteiger partial charge in [-0.2, -0.15) is 18.6 Å². The first-order valence-corrected chi connectivity index (χ1v) is 12.2. The van der Waals surface area contributed by atoms with E-state index in [4.69, 9.17) is 4.43 Å². The fraction of sp³-hybridized carbons (Fsp3) is 0.444. The summed E-state index contributed by atoms with van der Waals surface area (Å²) in [7, 11) is -1.23. The first-order valence-electron chi connectivity index (χ1n) is 7.36. The van der Waals surface area contributed by atoms with E-state index in [2.05, 4.69) is 54.6 Å². The smallest absolute Gasteiger partial charge is 0.109 e. The minimum Gasteiger partial charge on any atom is -0.273 e. The molecule has 0 amide bonds. The van der Waals surface area contributed by atoms with E-state index in [-0.39, 0.29) is 24.8 Å². The molecule has 0 unspecified atom stereocenters. The second-order valence-electron chi connectivity index (χ2n) is 5.10. The van der Waals surface area contributed by atoms with Gasteiger partial charge in [0.05, 0.1) is 0 Å². The Morgan fingerprint density at radius 2 is 1.48 bits per heavy atom. The molecule has 0 bridgehead atoms. The molecule has 0 N–H and O–H groups in total. The van der Waals surface area contributed by atoms with Crippen LogP contribution < -0.4 is 0 Å². The van der Waals surface area contributed by atoms with Gasteiger partial charge in [0.25, 0.3) is 0 Å².